The standard InChI is InChI=1S/C25H21N3O2/c1-17-13-20(14-21(15-26)25(29)27-16-22-9-6-12-30-22)18(2)28(17)24-11-5-8-19-7-3-4-10-23(19)24/h3-14H,16H2,1-2H3,(H,27,29). The molecule has 0 atom stereocenters. The van der Waals surface area contributed by atoms with Crippen LogP contribution in [-0.4, -0.2) is 10.5 Å². The van der Waals surface area contributed by atoms with Gasteiger partial charge in [0.1, 0.15) is 17.4 Å². The van der Waals surface area contributed by atoms with Crippen LogP contribution >= 0.6 is 0 Å². The van der Waals surface area contributed by atoms with Crippen LogP contribution in [0.15, 0.2) is 76.9 Å². The second-order valence-electron chi connectivity index (χ2n) is 7.09. The lowest BCUT2D eigenvalue weighted by atomic mass is 10.1. The molecule has 2 heterocycles. The highest BCUT2D eigenvalue weighted by Gasteiger charge is 2.15. The number of carbonyl (C=O) groups is 1. The van der Waals surface area contributed by atoms with Crippen molar-refractivity contribution in [2.24, 2.45) is 0 Å². The number of nitrogens with zero attached hydrogens (tertiary/aromatic N) is 2. The predicted octanol–water partition coefficient (Wildman–Crippen LogP) is 5.06. The van der Waals surface area contributed by atoms with E-state index in [1.165, 1.54) is 0 Å². The Morgan fingerprint density at radius 1 is 1.13 bits per heavy atom. The van der Waals surface area contributed by atoms with Gasteiger partial charge in [0.15, 0.2) is 0 Å². The fraction of sp³-hybridized carbons (Fsp3) is 0.120. The van der Waals surface area contributed by atoms with Crippen LogP contribution in [0.5, 0.6) is 0 Å². The molecule has 5 nitrogen and oxygen atoms in total. The normalized spacial score (nSPS) is 11.4. The molecule has 148 valence electrons. The highest BCUT2D eigenvalue weighted by atomic mass is 16.3. The third kappa shape index (κ3) is 3.63. The van der Waals surface area contributed by atoms with Crippen LogP contribution in [-0.2, 0) is 11.3 Å². The summed E-state index contributed by atoms with van der Waals surface area (Å²) in [5.41, 5.74) is 3.97. The minimum Gasteiger partial charge on any atom is -0.467 e. The first kappa shape index (κ1) is 19.3. The Bertz CT molecular complexity index is 1280. The molecule has 0 bridgehead atoms. The number of aromatic nitrogens is 1. The van der Waals surface area contributed by atoms with E-state index in [1.54, 1.807) is 24.5 Å². The Morgan fingerprint density at radius 3 is 2.70 bits per heavy atom. The Kier molecular flexibility index (Phi) is 5.23. The van der Waals surface area contributed by atoms with Gasteiger partial charge in [-0.15, -0.1) is 0 Å². The zero-order valence-electron chi connectivity index (χ0n) is 16.8. The van der Waals surface area contributed by atoms with Gasteiger partial charge in [-0.05, 0) is 55.1 Å². The topological polar surface area (TPSA) is 71.0 Å². The van der Waals surface area contributed by atoms with Gasteiger partial charge in [0.2, 0.25) is 0 Å². The Hall–Kier alpha value is -4.04. The number of rotatable bonds is 5. The van der Waals surface area contributed by atoms with Gasteiger partial charge in [-0.25, -0.2) is 0 Å². The number of hydrogen-bond acceptors (Lipinski definition) is 3. The fourth-order valence-electron chi connectivity index (χ4n) is 3.69. The van der Waals surface area contributed by atoms with Crippen molar-refractivity contribution in [3.63, 3.8) is 0 Å². The first-order chi connectivity index (χ1) is 14.6. The van der Waals surface area contributed by atoms with Crippen LogP contribution in [0.3, 0.4) is 0 Å². The SMILES string of the molecule is Cc1cc(C=C(C#N)C(=O)NCc2ccco2)c(C)n1-c1cccc2ccccc12. The molecule has 0 unspecified atom stereocenters. The highest BCUT2D eigenvalue weighted by molar-refractivity contribution is 6.01. The molecule has 0 aliphatic rings. The number of benzene rings is 2. The van der Waals surface area contributed by atoms with Crippen LogP contribution in [0.4, 0.5) is 0 Å². The molecule has 5 heteroatoms. The molecule has 0 spiro atoms. The number of furan rings is 1. The molecule has 0 saturated heterocycles. The van der Waals surface area contributed by atoms with Crippen molar-refractivity contribution in [3.05, 3.63) is 95.2 Å². The van der Waals surface area contributed by atoms with Crippen molar-refractivity contribution in [2.45, 2.75) is 20.4 Å². The summed E-state index contributed by atoms with van der Waals surface area (Å²) in [6.45, 7) is 4.26. The van der Waals surface area contributed by atoms with E-state index in [1.807, 2.05) is 44.2 Å². The molecule has 0 fully saturated rings. The van der Waals surface area contributed by atoms with Crippen LogP contribution < -0.4 is 5.32 Å². The summed E-state index contributed by atoms with van der Waals surface area (Å²) >= 11 is 0. The molecule has 0 saturated carbocycles. The number of nitriles is 1. The maximum absolute atomic E-state index is 12.5. The molecular weight excluding hydrogens is 374 g/mol. The number of carbonyl (C=O) groups excluding carboxylic acids is 1. The summed E-state index contributed by atoms with van der Waals surface area (Å²) in [6.07, 6.45) is 3.19. The van der Waals surface area contributed by atoms with Crippen molar-refractivity contribution >= 4 is 22.8 Å². The van der Waals surface area contributed by atoms with Gasteiger partial charge in [0.25, 0.3) is 5.91 Å². The molecule has 0 aliphatic heterocycles. The van der Waals surface area contributed by atoms with E-state index in [-0.39, 0.29) is 12.1 Å². The lowest BCUT2D eigenvalue weighted by Crippen LogP contribution is -2.23. The minimum atomic E-state index is -0.427. The van der Waals surface area contributed by atoms with Gasteiger partial charge in [0, 0.05) is 16.8 Å². The van der Waals surface area contributed by atoms with E-state index in [0.717, 1.165) is 33.4 Å². The Labute approximate surface area is 174 Å². The van der Waals surface area contributed by atoms with Gasteiger partial charge in [-0.2, -0.15) is 5.26 Å². The van der Waals surface area contributed by atoms with E-state index in [0.29, 0.717) is 5.76 Å². The number of fused-ring (bicyclic) bond motifs is 1. The number of nitrogens with one attached hydrogen (secondary N) is 1. The first-order valence-electron chi connectivity index (χ1n) is 9.68. The molecule has 1 N–H and O–H groups in total. The third-order valence-corrected chi connectivity index (χ3v) is 5.15. The molecule has 2 aromatic carbocycles. The highest BCUT2D eigenvalue weighted by Crippen LogP contribution is 2.28. The van der Waals surface area contributed by atoms with E-state index < -0.39 is 5.91 Å². The smallest absolute Gasteiger partial charge is 0.262 e. The van der Waals surface area contributed by atoms with Crippen molar-refractivity contribution in [1.82, 2.24) is 9.88 Å². The maximum Gasteiger partial charge on any atom is 0.262 e. The summed E-state index contributed by atoms with van der Waals surface area (Å²) in [5.74, 6) is 0.207. The first-order valence-corrected chi connectivity index (χ1v) is 9.68. The van der Waals surface area contributed by atoms with Crippen LogP contribution in [0.1, 0.15) is 22.7 Å². The maximum atomic E-state index is 12.5. The Morgan fingerprint density at radius 2 is 1.93 bits per heavy atom. The summed E-state index contributed by atoms with van der Waals surface area (Å²) in [7, 11) is 0. The lowest BCUT2D eigenvalue weighted by Gasteiger charge is -2.13. The van der Waals surface area contributed by atoms with Gasteiger partial charge < -0.3 is 14.3 Å². The number of aryl methyl sites for hydroxylation is 1. The van der Waals surface area contributed by atoms with E-state index in [4.69, 9.17) is 4.42 Å². The van der Waals surface area contributed by atoms with E-state index in [9.17, 15) is 10.1 Å². The zero-order valence-corrected chi connectivity index (χ0v) is 16.8. The molecular formula is C25H21N3O2. The molecule has 2 aromatic heterocycles. The molecule has 1 amide bonds. The summed E-state index contributed by atoms with van der Waals surface area (Å²) < 4.78 is 7.37. The minimum absolute atomic E-state index is 0.0553. The van der Waals surface area contributed by atoms with Gasteiger partial charge >= 0.3 is 0 Å². The molecule has 0 aliphatic carbocycles. The zero-order chi connectivity index (χ0) is 21.1. The van der Waals surface area contributed by atoms with Gasteiger partial charge in [-0.1, -0.05) is 36.4 Å². The second kappa shape index (κ2) is 8.14. The van der Waals surface area contributed by atoms with E-state index in [2.05, 4.69) is 34.1 Å². The van der Waals surface area contributed by atoms with E-state index >= 15 is 0 Å². The lowest BCUT2D eigenvalue weighted by molar-refractivity contribution is -0.117. The van der Waals surface area contributed by atoms with Gasteiger partial charge in [-0.3, -0.25) is 4.79 Å². The van der Waals surface area contributed by atoms with Crippen LogP contribution in [0, 0.1) is 25.2 Å². The fourth-order valence-corrected chi connectivity index (χ4v) is 3.69. The van der Waals surface area contributed by atoms with Gasteiger partial charge in [0.05, 0.1) is 18.5 Å². The van der Waals surface area contributed by atoms with Crippen molar-refractivity contribution in [2.75, 3.05) is 0 Å². The van der Waals surface area contributed by atoms with Crippen molar-refractivity contribution in [3.8, 4) is 11.8 Å². The second-order valence-corrected chi connectivity index (χ2v) is 7.09. The van der Waals surface area contributed by atoms with Crippen LogP contribution in [0.2, 0.25) is 0 Å². The average molecular weight is 395 g/mol. The predicted molar refractivity (Wildman–Crippen MR) is 117 cm³/mol. The monoisotopic (exact) mass is 395 g/mol. The van der Waals surface area contributed by atoms with Crippen molar-refractivity contribution in [1.29, 1.82) is 5.26 Å². The number of hydrogen-bond donors (Lipinski definition) is 1. The average Bonchev–Trinajstić information content (AvgIpc) is 3.37. The Balaban J connectivity index is 1.69. The third-order valence-electron chi connectivity index (χ3n) is 5.15. The van der Waals surface area contributed by atoms with Crippen LogP contribution in [0.25, 0.3) is 22.5 Å². The molecule has 4 aromatic rings. The quantitative estimate of drug-likeness (QED) is 0.379. The molecule has 30 heavy (non-hydrogen) atoms. The number of amides is 1. The summed E-state index contributed by atoms with van der Waals surface area (Å²) in [6, 6.07) is 22.0. The largest absolute Gasteiger partial charge is 0.467 e. The summed E-state index contributed by atoms with van der Waals surface area (Å²) in [5, 5.41) is 14.6. The molecule has 4 rings (SSSR count). The van der Waals surface area contributed by atoms with Crippen molar-refractivity contribution < 1.29 is 9.21 Å². The summed E-state index contributed by atoms with van der Waals surface area (Å²) in [4.78, 5) is 12.5. The molecule has 0 radical (unpaired) electrons.